The Morgan fingerprint density at radius 3 is 3.00 bits per heavy atom. The van der Waals surface area contributed by atoms with Gasteiger partial charge in [0.25, 0.3) is 0 Å². The van der Waals surface area contributed by atoms with Gasteiger partial charge in [0.15, 0.2) is 0 Å². The van der Waals surface area contributed by atoms with E-state index < -0.39 is 0 Å². The van der Waals surface area contributed by atoms with E-state index in [1.54, 1.807) is 12.4 Å². The smallest absolute Gasteiger partial charge is 0.114 e. The van der Waals surface area contributed by atoms with Gasteiger partial charge in [-0.2, -0.15) is 0 Å². The molecule has 3 rings (SSSR count). The van der Waals surface area contributed by atoms with Crippen molar-refractivity contribution in [2.24, 2.45) is 5.92 Å². The first kappa shape index (κ1) is 12.2. The molecule has 1 aliphatic heterocycles. The Kier molecular flexibility index (Phi) is 3.46. The van der Waals surface area contributed by atoms with Crippen molar-refractivity contribution in [1.29, 1.82) is 0 Å². The summed E-state index contributed by atoms with van der Waals surface area (Å²) in [5, 5.41) is 3.44. The average molecular weight is 258 g/mol. The molecular formula is C14H18N4O. The summed E-state index contributed by atoms with van der Waals surface area (Å²) < 4.78 is 5.37. The van der Waals surface area contributed by atoms with Gasteiger partial charge in [0.1, 0.15) is 5.52 Å². The molecule has 5 nitrogen and oxygen atoms in total. The van der Waals surface area contributed by atoms with E-state index in [-0.39, 0.29) is 0 Å². The van der Waals surface area contributed by atoms with Crippen LogP contribution < -0.4 is 11.1 Å². The fourth-order valence-electron chi connectivity index (χ4n) is 2.42. The van der Waals surface area contributed by atoms with Crippen molar-refractivity contribution in [3.63, 3.8) is 0 Å². The van der Waals surface area contributed by atoms with Gasteiger partial charge in [-0.3, -0.25) is 9.97 Å². The van der Waals surface area contributed by atoms with Crippen molar-refractivity contribution in [3.05, 3.63) is 24.5 Å². The molecule has 1 saturated heterocycles. The zero-order chi connectivity index (χ0) is 13.1. The monoisotopic (exact) mass is 258 g/mol. The van der Waals surface area contributed by atoms with E-state index in [0.29, 0.717) is 11.6 Å². The highest BCUT2D eigenvalue weighted by Crippen LogP contribution is 2.26. The number of hydrogen-bond donors (Lipinski definition) is 2. The summed E-state index contributed by atoms with van der Waals surface area (Å²) in [5.41, 5.74) is 9.27. The number of anilines is 2. The molecule has 0 aliphatic carbocycles. The molecule has 0 amide bonds. The van der Waals surface area contributed by atoms with Crippen LogP contribution in [0.3, 0.4) is 0 Å². The zero-order valence-corrected chi connectivity index (χ0v) is 10.8. The summed E-state index contributed by atoms with van der Waals surface area (Å²) in [6.45, 7) is 2.62. The number of nitrogen functional groups attached to an aromatic ring is 1. The highest BCUT2D eigenvalue weighted by Gasteiger charge is 2.15. The molecule has 0 radical (unpaired) electrons. The molecule has 0 atom stereocenters. The number of ether oxygens (including phenoxy) is 1. The number of pyridine rings is 2. The number of nitrogens with zero attached hydrogens (tertiary/aromatic N) is 2. The quantitative estimate of drug-likeness (QED) is 0.881. The zero-order valence-electron chi connectivity index (χ0n) is 10.8. The van der Waals surface area contributed by atoms with E-state index in [0.717, 1.165) is 49.3 Å². The molecule has 0 unspecified atom stereocenters. The molecule has 0 saturated carbocycles. The lowest BCUT2D eigenvalue weighted by Gasteiger charge is -2.23. The normalized spacial score (nSPS) is 16.6. The van der Waals surface area contributed by atoms with Crippen LogP contribution in [0.2, 0.25) is 0 Å². The highest BCUT2D eigenvalue weighted by atomic mass is 16.5. The third-order valence-electron chi connectivity index (χ3n) is 3.56. The third-order valence-corrected chi connectivity index (χ3v) is 3.56. The second kappa shape index (κ2) is 5.40. The van der Waals surface area contributed by atoms with E-state index in [9.17, 15) is 0 Å². The second-order valence-electron chi connectivity index (χ2n) is 4.90. The van der Waals surface area contributed by atoms with Crippen molar-refractivity contribution in [2.45, 2.75) is 12.8 Å². The van der Waals surface area contributed by atoms with Gasteiger partial charge >= 0.3 is 0 Å². The van der Waals surface area contributed by atoms with Crippen LogP contribution in [0.15, 0.2) is 24.5 Å². The minimum Gasteiger partial charge on any atom is -0.396 e. The van der Waals surface area contributed by atoms with Gasteiger partial charge < -0.3 is 15.8 Å². The van der Waals surface area contributed by atoms with E-state index in [2.05, 4.69) is 15.3 Å². The van der Waals surface area contributed by atoms with E-state index in [4.69, 9.17) is 10.5 Å². The summed E-state index contributed by atoms with van der Waals surface area (Å²) in [6.07, 6.45) is 5.66. The molecule has 2 aromatic rings. The Balaban J connectivity index is 1.81. The minimum absolute atomic E-state index is 0.639. The van der Waals surface area contributed by atoms with Crippen LogP contribution in [0.4, 0.5) is 11.4 Å². The van der Waals surface area contributed by atoms with E-state index in [1.165, 1.54) is 0 Å². The van der Waals surface area contributed by atoms with Crippen LogP contribution in [0, 0.1) is 5.92 Å². The Morgan fingerprint density at radius 2 is 2.16 bits per heavy atom. The maximum atomic E-state index is 6.01. The lowest BCUT2D eigenvalue weighted by Crippen LogP contribution is -2.23. The van der Waals surface area contributed by atoms with E-state index in [1.807, 2.05) is 12.1 Å². The average Bonchev–Trinajstić information content (AvgIpc) is 2.47. The Bertz CT molecular complexity index is 566. The largest absolute Gasteiger partial charge is 0.396 e. The molecule has 1 fully saturated rings. The topological polar surface area (TPSA) is 73.1 Å². The van der Waals surface area contributed by atoms with Crippen molar-refractivity contribution >= 4 is 22.4 Å². The second-order valence-corrected chi connectivity index (χ2v) is 4.90. The predicted octanol–water partition coefficient (Wildman–Crippen LogP) is 2.05. The highest BCUT2D eigenvalue weighted by molar-refractivity contribution is 5.93. The van der Waals surface area contributed by atoms with Crippen LogP contribution >= 0.6 is 0 Å². The van der Waals surface area contributed by atoms with Crippen molar-refractivity contribution < 1.29 is 4.74 Å². The fourth-order valence-corrected chi connectivity index (χ4v) is 2.42. The fraction of sp³-hybridized carbons (Fsp3) is 0.429. The maximum Gasteiger partial charge on any atom is 0.114 e. The number of rotatable bonds is 3. The predicted molar refractivity (Wildman–Crippen MR) is 76.0 cm³/mol. The van der Waals surface area contributed by atoms with Gasteiger partial charge in [-0.25, -0.2) is 0 Å². The number of nitrogens with two attached hydrogens (primary N) is 1. The first-order chi connectivity index (χ1) is 9.34. The third kappa shape index (κ3) is 2.61. The van der Waals surface area contributed by atoms with Gasteiger partial charge in [0, 0.05) is 26.0 Å². The molecule has 1 aliphatic rings. The van der Waals surface area contributed by atoms with Gasteiger partial charge in [0.05, 0.1) is 23.1 Å². The Morgan fingerprint density at radius 1 is 1.32 bits per heavy atom. The molecule has 2 aromatic heterocycles. The van der Waals surface area contributed by atoms with Gasteiger partial charge in [-0.1, -0.05) is 0 Å². The van der Waals surface area contributed by atoms with Crippen LogP contribution in [0.1, 0.15) is 12.8 Å². The summed E-state index contributed by atoms with van der Waals surface area (Å²) in [6, 6.07) is 3.83. The van der Waals surface area contributed by atoms with Gasteiger partial charge in [0.2, 0.25) is 0 Å². The van der Waals surface area contributed by atoms with Crippen LogP contribution in [-0.2, 0) is 4.74 Å². The van der Waals surface area contributed by atoms with Gasteiger partial charge in [-0.15, -0.1) is 0 Å². The van der Waals surface area contributed by atoms with Crippen molar-refractivity contribution in [2.75, 3.05) is 30.8 Å². The van der Waals surface area contributed by atoms with Crippen LogP contribution in [0.25, 0.3) is 11.0 Å². The Labute approximate surface area is 112 Å². The van der Waals surface area contributed by atoms with Crippen LogP contribution in [-0.4, -0.2) is 29.7 Å². The molecule has 3 N–H and O–H groups in total. The summed E-state index contributed by atoms with van der Waals surface area (Å²) in [4.78, 5) is 8.66. The summed E-state index contributed by atoms with van der Waals surface area (Å²) >= 11 is 0. The maximum absolute atomic E-state index is 6.01. The molecule has 19 heavy (non-hydrogen) atoms. The molecule has 0 spiro atoms. The van der Waals surface area contributed by atoms with Gasteiger partial charge in [-0.05, 0) is 30.9 Å². The minimum atomic E-state index is 0.639. The molecule has 0 bridgehead atoms. The molecule has 5 heteroatoms. The van der Waals surface area contributed by atoms with Crippen molar-refractivity contribution in [3.8, 4) is 0 Å². The molecular weight excluding hydrogens is 240 g/mol. The number of aromatic nitrogens is 2. The number of fused-ring (bicyclic) bond motifs is 1. The SMILES string of the molecule is Nc1cnc2cccnc2c1NCC1CCOCC1. The van der Waals surface area contributed by atoms with Crippen molar-refractivity contribution in [1.82, 2.24) is 9.97 Å². The standard InChI is InChI=1S/C14H18N4O/c15-11-9-17-12-2-1-5-16-14(12)13(11)18-8-10-3-6-19-7-4-10/h1-2,5,9-10H,3-4,6-8,15H2,(H,17,18). The van der Waals surface area contributed by atoms with Crippen LogP contribution in [0.5, 0.6) is 0 Å². The molecule has 3 heterocycles. The lowest BCUT2D eigenvalue weighted by molar-refractivity contribution is 0.0699. The first-order valence-corrected chi connectivity index (χ1v) is 6.65. The Hall–Kier alpha value is -1.88. The first-order valence-electron chi connectivity index (χ1n) is 6.65. The molecule has 0 aromatic carbocycles. The summed E-state index contributed by atoms with van der Waals surface area (Å²) in [7, 11) is 0. The summed E-state index contributed by atoms with van der Waals surface area (Å²) in [5.74, 6) is 0.639. The lowest BCUT2D eigenvalue weighted by atomic mass is 10.0. The van der Waals surface area contributed by atoms with E-state index >= 15 is 0 Å². The number of nitrogens with one attached hydrogen (secondary N) is 1. The number of hydrogen-bond acceptors (Lipinski definition) is 5. The molecule has 100 valence electrons.